The molecule has 102 valence electrons. The zero-order valence-corrected chi connectivity index (χ0v) is 13.4. The van der Waals surface area contributed by atoms with Crippen molar-refractivity contribution in [2.24, 2.45) is 16.6 Å². The number of benzene rings is 1. The molecule has 4 N–H and O–H groups in total. The van der Waals surface area contributed by atoms with E-state index in [1.54, 1.807) is 0 Å². The summed E-state index contributed by atoms with van der Waals surface area (Å²) in [5.41, 5.74) is 9.15. The molecule has 0 aliphatic rings. The first kappa shape index (κ1) is 17.2. The number of rotatable bonds is 4. The van der Waals surface area contributed by atoms with Crippen LogP contribution in [0.25, 0.3) is 0 Å². The van der Waals surface area contributed by atoms with E-state index >= 15 is 0 Å². The summed E-state index contributed by atoms with van der Waals surface area (Å²) in [4.78, 5) is 4.17. The molecule has 1 rings (SSSR count). The Bertz CT molecular complexity index is 407. The summed E-state index contributed by atoms with van der Waals surface area (Å²) < 4.78 is 0. The molecule has 0 aliphatic carbocycles. The van der Waals surface area contributed by atoms with Crippen molar-refractivity contribution in [1.82, 2.24) is 0 Å². The zero-order valence-electron chi connectivity index (χ0n) is 11.1. The van der Waals surface area contributed by atoms with Gasteiger partial charge in [-0.15, -0.1) is 24.0 Å². The van der Waals surface area contributed by atoms with Crippen LogP contribution in [0.2, 0.25) is 0 Å². The molecule has 4 nitrogen and oxygen atoms in total. The van der Waals surface area contributed by atoms with Crippen LogP contribution in [-0.2, 0) is 0 Å². The van der Waals surface area contributed by atoms with Gasteiger partial charge in [-0.3, -0.25) is 4.99 Å². The molecule has 0 saturated heterocycles. The van der Waals surface area contributed by atoms with Crippen molar-refractivity contribution in [2.75, 3.05) is 18.5 Å². The number of nitrogens with two attached hydrogens (primary N) is 1. The van der Waals surface area contributed by atoms with Crippen LogP contribution in [0.1, 0.15) is 18.1 Å². The summed E-state index contributed by atoms with van der Waals surface area (Å²) >= 11 is 0. The van der Waals surface area contributed by atoms with E-state index in [2.05, 4.69) is 24.2 Å². The molecule has 0 fully saturated rings. The number of nitrogens with one attached hydrogen (secondary N) is 1. The molecule has 0 spiro atoms. The number of aliphatic imine (C=N–C) groups is 1. The second-order valence-electron chi connectivity index (χ2n) is 4.44. The predicted octanol–water partition coefficient (Wildman–Crippen LogP) is 2.28. The molecular weight excluding hydrogens is 341 g/mol. The van der Waals surface area contributed by atoms with Gasteiger partial charge in [-0.05, 0) is 43.0 Å². The van der Waals surface area contributed by atoms with Gasteiger partial charge in [0.2, 0.25) is 0 Å². The number of guanidine groups is 1. The Balaban J connectivity index is 0.00000289. The summed E-state index contributed by atoms with van der Waals surface area (Å²) in [7, 11) is 0. The van der Waals surface area contributed by atoms with Gasteiger partial charge in [0, 0.05) is 18.8 Å². The number of hydrogen-bond donors (Lipinski definition) is 3. The number of nitrogens with zero attached hydrogens (tertiary/aromatic N) is 1. The standard InChI is InChI=1S/C13H21N3O.HI/c1-9(8-17)7-15-13(14)16-12-5-4-10(2)11(3)6-12;/h4-6,9,17H,7-8H2,1-3H3,(H3,14,15,16);1H. The number of aryl methyl sites for hydroxylation is 2. The van der Waals surface area contributed by atoms with E-state index in [1.807, 2.05) is 25.1 Å². The summed E-state index contributed by atoms with van der Waals surface area (Å²) in [5.74, 6) is 0.517. The largest absolute Gasteiger partial charge is 0.396 e. The molecule has 1 atom stereocenters. The molecular formula is C13H22IN3O. The highest BCUT2D eigenvalue weighted by molar-refractivity contribution is 14.0. The molecule has 0 radical (unpaired) electrons. The third-order valence-corrected chi connectivity index (χ3v) is 2.66. The fourth-order valence-corrected chi connectivity index (χ4v) is 1.32. The van der Waals surface area contributed by atoms with Gasteiger partial charge in [0.15, 0.2) is 5.96 Å². The Morgan fingerprint density at radius 2 is 2.06 bits per heavy atom. The second kappa shape index (κ2) is 8.31. The van der Waals surface area contributed by atoms with Crippen molar-refractivity contribution in [2.45, 2.75) is 20.8 Å². The fraction of sp³-hybridized carbons (Fsp3) is 0.462. The molecule has 1 unspecified atom stereocenters. The van der Waals surface area contributed by atoms with E-state index in [1.165, 1.54) is 11.1 Å². The molecule has 0 amide bonds. The first-order valence-electron chi connectivity index (χ1n) is 5.78. The highest BCUT2D eigenvalue weighted by Crippen LogP contribution is 2.13. The minimum absolute atomic E-state index is 0. The Hall–Kier alpha value is -0.820. The van der Waals surface area contributed by atoms with Gasteiger partial charge < -0.3 is 16.2 Å². The Morgan fingerprint density at radius 3 is 2.61 bits per heavy atom. The number of aliphatic hydroxyl groups excluding tert-OH is 1. The predicted molar refractivity (Wildman–Crippen MR) is 87.7 cm³/mol. The Kier molecular flexibility index (Phi) is 7.93. The van der Waals surface area contributed by atoms with E-state index in [0.29, 0.717) is 12.5 Å². The lowest BCUT2D eigenvalue weighted by atomic mass is 10.1. The molecule has 0 aromatic heterocycles. The van der Waals surface area contributed by atoms with Gasteiger partial charge in [0.25, 0.3) is 0 Å². The van der Waals surface area contributed by atoms with Crippen LogP contribution in [0.15, 0.2) is 23.2 Å². The Labute approximate surface area is 126 Å². The lowest BCUT2D eigenvalue weighted by molar-refractivity contribution is 0.242. The van der Waals surface area contributed by atoms with Crippen molar-refractivity contribution in [3.63, 3.8) is 0 Å². The van der Waals surface area contributed by atoms with Crippen LogP contribution >= 0.6 is 24.0 Å². The van der Waals surface area contributed by atoms with Gasteiger partial charge in [-0.2, -0.15) is 0 Å². The van der Waals surface area contributed by atoms with Crippen LogP contribution in [0.5, 0.6) is 0 Å². The second-order valence-corrected chi connectivity index (χ2v) is 4.44. The first-order valence-corrected chi connectivity index (χ1v) is 5.78. The average Bonchev–Trinajstić information content (AvgIpc) is 2.31. The highest BCUT2D eigenvalue weighted by Gasteiger charge is 2.00. The molecule has 0 saturated carbocycles. The minimum Gasteiger partial charge on any atom is -0.396 e. The van der Waals surface area contributed by atoms with E-state index in [0.717, 1.165) is 5.69 Å². The number of anilines is 1. The maximum Gasteiger partial charge on any atom is 0.193 e. The number of aliphatic hydroxyl groups is 1. The molecule has 1 aromatic carbocycles. The van der Waals surface area contributed by atoms with Crippen molar-refractivity contribution in [3.8, 4) is 0 Å². The molecule has 1 aromatic rings. The van der Waals surface area contributed by atoms with Crippen molar-refractivity contribution in [1.29, 1.82) is 0 Å². The monoisotopic (exact) mass is 363 g/mol. The lowest BCUT2D eigenvalue weighted by Gasteiger charge is -2.09. The minimum atomic E-state index is 0. The average molecular weight is 363 g/mol. The van der Waals surface area contributed by atoms with Crippen LogP contribution in [-0.4, -0.2) is 24.2 Å². The molecule has 0 aliphatic heterocycles. The summed E-state index contributed by atoms with van der Waals surface area (Å²) in [6.45, 7) is 6.70. The summed E-state index contributed by atoms with van der Waals surface area (Å²) in [5, 5.41) is 11.9. The molecule has 0 bridgehead atoms. The summed E-state index contributed by atoms with van der Waals surface area (Å²) in [6.07, 6.45) is 0. The third kappa shape index (κ3) is 5.68. The van der Waals surface area contributed by atoms with Crippen molar-refractivity contribution >= 4 is 35.6 Å². The topological polar surface area (TPSA) is 70.6 Å². The number of hydrogen-bond acceptors (Lipinski definition) is 2. The highest BCUT2D eigenvalue weighted by atomic mass is 127. The maximum absolute atomic E-state index is 8.87. The zero-order chi connectivity index (χ0) is 12.8. The SMILES string of the molecule is Cc1ccc(NC(N)=NCC(C)CO)cc1C.I. The van der Waals surface area contributed by atoms with Crippen molar-refractivity contribution < 1.29 is 5.11 Å². The number of halogens is 1. The smallest absolute Gasteiger partial charge is 0.193 e. The summed E-state index contributed by atoms with van der Waals surface area (Å²) in [6, 6.07) is 6.05. The van der Waals surface area contributed by atoms with Gasteiger partial charge in [0.1, 0.15) is 0 Å². The quantitative estimate of drug-likeness (QED) is 0.437. The normalized spacial score (nSPS) is 12.8. The van der Waals surface area contributed by atoms with Crippen molar-refractivity contribution in [3.05, 3.63) is 29.3 Å². The van der Waals surface area contributed by atoms with Crippen LogP contribution in [0, 0.1) is 19.8 Å². The van der Waals surface area contributed by atoms with Gasteiger partial charge in [0.05, 0.1) is 0 Å². The maximum atomic E-state index is 8.87. The van der Waals surface area contributed by atoms with Crippen LogP contribution < -0.4 is 11.1 Å². The molecule has 18 heavy (non-hydrogen) atoms. The van der Waals surface area contributed by atoms with E-state index in [9.17, 15) is 0 Å². The fourth-order valence-electron chi connectivity index (χ4n) is 1.32. The van der Waals surface area contributed by atoms with Crippen LogP contribution in [0.4, 0.5) is 5.69 Å². The van der Waals surface area contributed by atoms with E-state index in [-0.39, 0.29) is 36.5 Å². The van der Waals surface area contributed by atoms with Gasteiger partial charge in [-0.25, -0.2) is 0 Å². The van der Waals surface area contributed by atoms with E-state index in [4.69, 9.17) is 10.8 Å². The Morgan fingerprint density at radius 1 is 1.39 bits per heavy atom. The third-order valence-electron chi connectivity index (χ3n) is 2.66. The van der Waals surface area contributed by atoms with Gasteiger partial charge >= 0.3 is 0 Å². The first-order chi connectivity index (χ1) is 8.02. The lowest BCUT2D eigenvalue weighted by Crippen LogP contribution is -2.24. The van der Waals surface area contributed by atoms with Crippen LogP contribution in [0.3, 0.4) is 0 Å². The molecule has 5 heteroatoms. The molecule has 0 heterocycles. The van der Waals surface area contributed by atoms with Gasteiger partial charge in [-0.1, -0.05) is 13.0 Å². The van der Waals surface area contributed by atoms with E-state index < -0.39 is 0 Å².